The minimum atomic E-state index is -0.964. The van der Waals surface area contributed by atoms with Crippen LogP contribution in [0.5, 0.6) is 0 Å². The first-order valence-corrected chi connectivity index (χ1v) is 7.39. The average molecular weight is 295 g/mol. The van der Waals surface area contributed by atoms with E-state index in [1.807, 2.05) is 31.3 Å². The van der Waals surface area contributed by atoms with Crippen molar-refractivity contribution in [2.24, 2.45) is 0 Å². The number of hydrogen-bond acceptors (Lipinski definition) is 4. The molecule has 1 atom stereocenters. The predicted molar refractivity (Wildman–Crippen MR) is 78.8 cm³/mol. The standard InChI is InChI=1S/C13H17N3O3S/c1-14-6-9-4-2-3-5-10(9)15-13(19)16-8-20-7-11(16)12(17)18/h2-5,11,14H,6-8H2,1H3,(H,15,19)(H,17,18)/t11-/m0/s1. The number of carbonyl (C=O) groups is 2. The van der Waals surface area contributed by atoms with Crippen LogP contribution in [0.4, 0.5) is 10.5 Å². The maximum Gasteiger partial charge on any atom is 0.327 e. The van der Waals surface area contributed by atoms with Gasteiger partial charge in [-0.05, 0) is 18.7 Å². The molecule has 7 heteroatoms. The van der Waals surface area contributed by atoms with Gasteiger partial charge in [-0.1, -0.05) is 18.2 Å². The van der Waals surface area contributed by atoms with Crippen LogP contribution in [0, 0.1) is 0 Å². The number of anilines is 1. The molecule has 1 saturated heterocycles. The highest BCUT2D eigenvalue weighted by Crippen LogP contribution is 2.23. The highest BCUT2D eigenvalue weighted by molar-refractivity contribution is 7.99. The van der Waals surface area contributed by atoms with E-state index in [1.54, 1.807) is 0 Å². The molecule has 0 saturated carbocycles. The van der Waals surface area contributed by atoms with Gasteiger partial charge >= 0.3 is 12.0 Å². The zero-order chi connectivity index (χ0) is 14.5. The second-order valence-electron chi connectivity index (χ2n) is 4.44. The second-order valence-corrected chi connectivity index (χ2v) is 5.44. The monoisotopic (exact) mass is 295 g/mol. The van der Waals surface area contributed by atoms with Crippen molar-refractivity contribution in [2.45, 2.75) is 12.6 Å². The van der Waals surface area contributed by atoms with Crippen molar-refractivity contribution < 1.29 is 14.7 Å². The van der Waals surface area contributed by atoms with Crippen molar-refractivity contribution in [3.05, 3.63) is 29.8 Å². The van der Waals surface area contributed by atoms with Crippen LogP contribution in [0.3, 0.4) is 0 Å². The molecule has 1 fully saturated rings. The first-order valence-electron chi connectivity index (χ1n) is 6.24. The molecule has 0 spiro atoms. The van der Waals surface area contributed by atoms with E-state index in [0.717, 1.165) is 5.56 Å². The van der Waals surface area contributed by atoms with Gasteiger partial charge in [0.25, 0.3) is 0 Å². The van der Waals surface area contributed by atoms with E-state index >= 15 is 0 Å². The van der Waals surface area contributed by atoms with Crippen molar-refractivity contribution in [3.63, 3.8) is 0 Å². The molecular formula is C13H17N3O3S. The summed E-state index contributed by atoms with van der Waals surface area (Å²) in [6.07, 6.45) is 0. The van der Waals surface area contributed by atoms with Crippen LogP contribution in [-0.4, -0.2) is 46.7 Å². The average Bonchev–Trinajstić information content (AvgIpc) is 2.91. The maximum absolute atomic E-state index is 12.2. The lowest BCUT2D eigenvalue weighted by molar-refractivity contribution is -0.140. The van der Waals surface area contributed by atoms with Gasteiger partial charge in [0.05, 0.1) is 5.88 Å². The van der Waals surface area contributed by atoms with Gasteiger partial charge in [0.15, 0.2) is 0 Å². The molecule has 0 aromatic heterocycles. The third kappa shape index (κ3) is 3.23. The number of carboxylic acid groups (broad SMARTS) is 1. The Balaban J connectivity index is 2.10. The number of nitrogens with zero attached hydrogens (tertiary/aromatic N) is 1. The molecule has 20 heavy (non-hydrogen) atoms. The summed E-state index contributed by atoms with van der Waals surface area (Å²) in [6.45, 7) is 0.633. The maximum atomic E-state index is 12.2. The van der Waals surface area contributed by atoms with E-state index in [4.69, 9.17) is 5.11 Å². The minimum Gasteiger partial charge on any atom is -0.480 e. The van der Waals surface area contributed by atoms with E-state index in [-0.39, 0.29) is 6.03 Å². The van der Waals surface area contributed by atoms with Gasteiger partial charge in [-0.2, -0.15) is 0 Å². The van der Waals surface area contributed by atoms with Crippen LogP contribution in [-0.2, 0) is 11.3 Å². The van der Waals surface area contributed by atoms with Gasteiger partial charge in [0, 0.05) is 18.0 Å². The Morgan fingerprint density at radius 3 is 2.90 bits per heavy atom. The van der Waals surface area contributed by atoms with E-state index in [9.17, 15) is 9.59 Å². The lowest BCUT2D eigenvalue weighted by atomic mass is 10.2. The summed E-state index contributed by atoms with van der Waals surface area (Å²) in [5.74, 6) is -0.133. The summed E-state index contributed by atoms with van der Waals surface area (Å²) in [5, 5.41) is 14.9. The number of nitrogens with one attached hydrogen (secondary N) is 2. The van der Waals surface area contributed by atoms with Gasteiger partial charge < -0.3 is 20.6 Å². The molecule has 2 rings (SSSR count). The fourth-order valence-electron chi connectivity index (χ4n) is 2.02. The Morgan fingerprint density at radius 1 is 1.45 bits per heavy atom. The third-order valence-corrected chi connectivity index (χ3v) is 4.07. The number of hydrogen-bond donors (Lipinski definition) is 3. The molecule has 1 aromatic rings. The van der Waals surface area contributed by atoms with Crippen LogP contribution in [0.1, 0.15) is 5.56 Å². The van der Waals surface area contributed by atoms with Crippen LogP contribution in [0.25, 0.3) is 0 Å². The van der Waals surface area contributed by atoms with Gasteiger partial charge in [0.1, 0.15) is 6.04 Å². The van der Waals surface area contributed by atoms with Gasteiger partial charge in [-0.3, -0.25) is 0 Å². The number of thioether (sulfide) groups is 1. The number of urea groups is 1. The fraction of sp³-hybridized carbons (Fsp3) is 0.385. The Hall–Kier alpha value is -1.73. The lowest BCUT2D eigenvalue weighted by Gasteiger charge is -2.21. The van der Waals surface area contributed by atoms with Gasteiger partial charge in [-0.25, -0.2) is 9.59 Å². The van der Waals surface area contributed by atoms with E-state index in [0.29, 0.717) is 23.9 Å². The Labute approximate surface area is 121 Å². The van der Waals surface area contributed by atoms with E-state index in [1.165, 1.54) is 16.7 Å². The van der Waals surface area contributed by atoms with Crippen LogP contribution < -0.4 is 10.6 Å². The molecule has 1 aromatic carbocycles. The van der Waals surface area contributed by atoms with E-state index < -0.39 is 12.0 Å². The lowest BCUT2D eigenvalue weighted by Crippen LogP contribution is -2.44. The number of amides is 2. The Bertz CT molecular complexity index is 509. The van der Waals surface area contributed by atoms with Gasteiger partial charge in [0.2, 0.25) is 0 Å². The summed E-state index contributed by atoms with van der Waals surface area (Å²) >= 11 is 1.44. The molecule has 1 aliphatic rings. The summed E-state index contributed by atoms with van der Waals surface area (Å²) in [6, 6.07) is 6.33. The summed E-state index contributed by atoms with van der Waals surface area (Å²) in [5.41, 5.74) is 1.66. The first-order chi connectivity index (χ1) is 9.63. The quantitative estimate of drug-likeness (QED) is 0.782. The predicted octanol–water partition coefficient (Wildman–Crippen LogP) is 1.40. The molecule has 0 bridgehead atoms. The van der Waals surface area contributed by atoms with Crippen LogP contribution in [0.15, 0.2) is 24.3 Å². The SMILES string of the molecule is CNCc1ccccc1NC(=O)N1CSC[C@H]1C(=O)O. The summed E-state index contributed by atoms with van der Waals surface area (Å²) in [7, 11) is 1.83. The van der Waals surface area contributed by atoms with Crippen molar-refractivity contribution in [1.82, 2.24) is 10.2 Å². The molecule has 3 N–H and O–H groups in total. The van der Waals surface area contributed by atoms with Crippen molar-refractivity contribution in [3.8, 4) is 0 Å². The van der Waals surface area contributed by atoms with Crippen molar-refractivity contribution >= 4 is 29.4 Å². The Morgan fingerprint density at radius 2 is 2.20 bits per heavy atom. The number of aliphatic carboxylic acids is 1. The number of para-hydroxylation sites is 1. The molecule has 0 radical (unpaired) electrons. The van der Waals surface area contributed by atoms with Crippen LogP contribution in [0.2, 0.25) is 0 Å². The summed E-state index contributed by atoms with van der Waals surface area (Å²) in [4.78, 5) is 24.6. The molecular weight excluding hydrogens is 278 g/mol. The number of carbonyl (C=O) groups excluding carboxylic acids is 1. The highest BCUT2D eigenvalue weighted by Gasteiger charge is 2.34. The van der Waals surface area contributed by atoms with Crippen molar-refractivity contribution in [1.29, 1.82) is 0 Å². The Kier molecular flexibility index (Phi) is 4.86. The van der Waals surface area contributed by atoms with Gasteiger partial charge in [-0.15, -0.1) is 11.8 Å². The number of carboxylic acids is 1. The molecule has 0 unspecified atom stereocenters. The molecule has 6 nitrogen and oxygen atoms in total. The van der Waals surface area contributed by atoms with E-state index in [2.05, 4.69) is 10.6 Å². The fourth-order valence-corrected chi connectivity index (χ4v) is 3.17. The minimum absolute atomic E-state index is 0.369. The normalized spacial score (nSPS) is 18.1. The highest BCUT2D eigenvalue weighted by atomic mass is 32.2. The molecule has 108 valence electrons. The molecule has 1 heterocycles. The third-order valence-electron chi connectivity index (χ3n) is 3.05. The second kappa shape index (κ2) is 6.62. The van der Waals surface area contributed by atoms with Crippen LogP contribution >= 0.6 is 11.8 Å². The topological polar surface area (TPSA) is 81.7 Å². The zero-order valence-electron chi connectivity index (χ0n) is 11.1. The molecule has 2 amide bonds. The number of rotatable bonds is 4. The summed E-state index contributed by atoms with van der Waals surface area (Å²) < 4.78 is 0. The number of benzene rings is 1. The molecule has 1 aliphatic heterocycles. The molecule has 0 aliphatic carbocycles. The smallest absolute Gasteiger partial charge is 0.327 e. The zero-order valence-corrected chi connectivity index (χ0v) is 11.9. The largest absolute Gasteiger partial charge is 0.480 e. The first kappa shape index (κ1) is 14.7. The van der Waals surface area contributed by atoms with Crippen molar-refractivity contribution in [2.75, 3.05) is 24.0 Å².